The molecule has 1 fully saturated rings. The molecule has 0 aromatic heterocycles. The Morgan fingerprint density at radius 2 is 1.70 bits per heavy atom. The fourth-order valence-corrected chi connectivity index (χ4v) is 3.67. The van der Waals surface area contributed by atoms with Gasteiger partial charge in [0.2, 0.25) is 5.79 Å². The minimum Gasteiger partial charge on any atom is -0.507 e. The average Bonchev–Trinajstić information content (AvgIpc) is 2.75. The van der Waals surface area contributed by atoms with Gasteiger partial charge in [-0.1, -0.05) is 31.2 Å². The third-order valence-corrected chi connectivity index (χ3v) is 5.52. The van der Waals surface area contributed by atoms with Gasteiger partial charge < -0.3 is 35.4 Å². The maximum atomic E-state index is 11.0. The molecule has 30 heavy (non-hydrogen) atoms. The van der Waals surface area contributed by atoms with Crippen LogP contribution < -0.4 is 0 Å². The summed E-state index contributed by atoms with van der Waals surface area (Å²) in [4.78, 5) is 0. The fourth-order valence-electron chi connectivity index (χ4n) is 3.67. The van der Waals surface area contributed by atoms with E-state index in [1.165, 1.54) is 6.07 Å². The molecule has 0 aliphatic carbocycles. The van der Waals surface area contributed by atoms with Crippen LogP contribution in [0.5, 0.6) is 5.75 Å². The largest absolute Gasteiger partial charge is 0.507 e. The van der Waals surface area contributed by atoms with Gasteiger partial charge in [0.1, 0.15) is 36.2 Å². The highest BCUT2D eigenvalue weighted by Gasteiger charge is 2.53. The van der Waals surface area contributed by atoms with E-state index < -0.39 is 42.6 Å². The van der Waals surface area contributed by atoms with Gasteiger partial charge in [-0.05, 0) is 41.7 Å². The number of rotatable bonds is 5. The van der Waals surface area contributed by atoms with Crippen molar-refractivity contribution in [3.8, 4) is 11.8 Å². The highest BCUT2D eigenvalue weighted by molar-refractivity contribution is 5.53. The lowest BCUT2D eigenvalue weighted by atomic mass is 9.86. The van der Waals surface area contributed by atoms with Crippen molar-refractivity contribution in [1.29, 1.82) is 5.26 Å². The molecule has 2 aromatic carbocycles. The SMILES string of the molecule is CCc1ccc(Cc2cc([C@]3(O)O[C@H](CO)[C@@H](O)[C@H](O)[C@H]3O)cc(O)c2C#N)cc1. The normalized spacial score (nSPS) is 28.8. The fraction of sp³-hybridized carbons (Fsp3) is 0.409. The summed E-state index contributed by atoms with van der Waals surface area (Å²) in [6.45, 7) is 1.32. The Hall–Kier alpha value is -2.51. The first-order chi connectivity index (χ1) is 14.2. The van der Waals surface area contributed by atoms with Crippen molar-refractivity contribution in [3.05, 3.63) is 64.2 Å². The van der Waals surface area contributed by atoms with E-state index in [4.69, 9.17) is 4.74 Å². The standard InChI is InChI=1S/C22H25NO7/c1-2-12-3-5-13(6-4-12)7-14-8-15(9-17(25)16(14)10-23)22(29)21(28)20(27)19(26)18(11-24)30-22/h3-6,8-9,18-21,24-29H,2,7,11H2,1H3/t18-,19-,20+,21-,22+/m1/s1. The third-order valence-electron chi connectivity index (χ3n) is 5.52. The summed E-state index contributed by atoms with van der Waals surface area (Å²) < 4.78 is 5.32. The summed E-state index contributed by atoms with van der Waals surface area (Å²) >= 11 is 0. The number of aryl methyl sites for hydroxylation is 1. The zero-order valence-electron chi connectivity index (χ0n) is 16.4. The monoisotopic (exact) mass is 415 g/mol. The van der Waals surface area contributed by atoms with Gasteiger partial charge in [-0.3, -0.25) is 0 Å². The average molecular weight is 415 g/mol. The van der Waals surface area contributed by atoms with Crippen LogP contribution >= 0.6 is 0 Å². The van der Waals surface area contributed by atoms with Crippen LogP contribution in [0.1, 0.15) is 34.7 Å². The summed E-state index contributed by atoms with van der Waals surface area (Å²) in [6.07, 6.45) is -5.61. The van der Waals surface area contributed by atoms with Crippen LogP contribution in [0.2, 0.25) is 0 Å². The molecule has 8 heteroatoms. The van der Waals surface area contributed by atoms with Crippen molar-refractivity contribution in [2.45, 2.75) is 50.0 Å². The second-order valence-electron chi connectivity index (χ2n) is 7.45. The Balaban J connectivity index is 2.04. The van der Waals surface area contributed by atoms with Gasteiger partial charge >= 0.3 is 0 Å². The van der Waals surface area contributed by atoms with Crippen molar-refractivity contribution < 1.29 is 35.4 Å². The van der Waals surface area contributed by atoms with Gasteiger partial charge in [0.05, 0.1) is 12.2 Å². The number of ether oxygens (including phenoxy) is 1. The molecule has 160 valence electrons. The van der Waals surface area contributed by atoms with Gasteiger partial charge in [0, 0.05) is 5.56 Å². The van der Waals surface area contributed by atoms with Crippen molar-refractivity contribution in [1.82, 2.24) is 0 Å². The van der Waals surface area contributed by atoms with E-state index in [1.54, 1.807) is 0 Å². The van der Waals surface area contributed by atoms with E-state index in [0.29, 0.717) is 5.56 Å². The lowest BCUT2D eigenvalue weighted by Crippen LogP contribution is -2.63. The van der Waals surface area contributed by atoms with Crippen molar-refractivity contribution in [3.63, 3.8) is 0 Å². The molecule has 2 aromatic rings. The molecular formula is C22H25NO7. The highest BCUT2D eigenvalue weighted by atomic mass is 16.7. The first kappa shape index (κ1) is 22.2. The van der Waals surface area contributed by atoms with Gasteiger partial charge in [0.15, 0.2) is 0 Å². The van der Waals surface area contributed by atoms with Crippen LogP contribution in [-0.2, 0) is 23.4 Å². The number of aliphatic hydroxyl groups excluding tert-OH is 4. The summed E-state index contributed by atoms with van der Waals surface area (Å²) in [6, 6.07) is 12.1. The molecule has 1 saturated heterocycles. The highest BCUT2D eigenvalue weighted by Crippen LogP contribution is 2.39. The van der Waals surface area contributed by atoms with Crippen LogP contribution in [0.15, 0.2) is 36.4 Å². The molecule has 0 radical (unpaired) electrons. The zero-order valence-corrected chi connectivity index (χ0v) is 16.4. The number of phenols is 1. The Kier molecular flexibility index (Phi) is 6.43. The van der Waals surface area contributed by atoms with Crippen LogP contribution in [0.3, 0.4) is 0 Å². The van der Waals surface area contributed by atoms with E-state index >= 15 is 0 Å². The van der Waals surface area contributed by atoms with Crippen LogP contribution in [0.4, 0.5) is 0 Å². The maximum absolute atomic E-state index is 11.0. The molecule has 0 bridgehead atoms. The lowest BCUT2D eigenvalue weighted by molar-refractivity contribution is -0.357. The number of nitriles is 1. The number of nitrogens with zero attached hydrogens (tertiary/aromatic N) is 1. The van der Waals surface area contributed by atoms with Gasteiger partial charge in [0.25, 0.3) is 0 Å². The van der Waals surface area contributed by atoms with E-state index in [9.17, 15) is 35.9 Å². The Morgan fingerprint density at radius 1 is 1.07 bits per heavy atom. The van der Waals surface area contributed by atoms with Crippen molar-refractivity contribution in [2.24, 2.45) is 0 Å². The number of benzene rings is 2. The molecule has 5 atom stereocenters. The molecule has 0 spiro atoms. The molecule has 0 saturated carbocycles. The predicted octanol–water partition coefficient (Wildman–Crippen LogP) is 0.0360. The maximum Gasteiger partial charge on any atom is 0.222 e. The quantitative estimate of drug-likeness (QED) is 0.400. The summed E-state index contributed by atoms with van der Waals surface area (Å²) in [5.74, 6) is -2.95. The van der Waals surface area contributed by atoms with Crippen molar-refractivity contribution in [2.75, 3.05) is 6.61 Å². The Labute approximate surface area is 173 Å². The van der Waals surface area contributed by atoms with E-state index in [0.717, 1.165) is 23.6 Å². The summed E-state index contributed by atoms with van der Waals surface area (Å²) in [5.41, 5.74) is 2.28. The van der Waals surface area contributed by atoms with Crippen LogP contribution in [0, 0.1) is 11.3 Å². The molecule has 6 N–H and O–H groups in total. The molecule has 1 heterocycles. The second-order valence-corrected chi connectivity index (χ2v) is 7.45. The minimum absolute atomic E-state index is 0.00603. The van der Waals surface area contributed by atoms with Crippen molar-refractivity contribution >= 4 is 0 Å². The molecule has 0 amide bonds. The number of aliphatic hydroxyl groups is 5. The smallest absolute Gasteiger partial charge is 0.222 e. The van der Waals surface area contributed by atoms with Gasteiger partial charge in [-0.15, -0.1) is 0 Å². The van der Waals surface area contributed by atoms with Gasteiger partial charge in [-0.2, -0.15) is 5.26 Å². The topological polar surface area (TPSA) is 154 Å². The van der Waals surface area contributed by atoms with Gasteiger partial charge in [-0.25, -0.2) is 0 Å². The molecular weight excluding hydrogens is 390 g/mol. The summed E-state index contributed by atoms with van der Waals surface area (Å²) in [5, 5.41) is 70.6. The lowest BCUT2D eigenvalue weighted by Gasteiger charge is -2.45. The number of hydrogen-bond acceptors (Lipinski definition) is 8. The van der Waals surface area contributed by atoms with E-state index in [1.807, 2.05) is 37.3 Å². The van der Waals surface area contributed by atoms with Crippen LogP contribution in [-0.4, -0.2) is 61.7 Å². The molecule has 3 rings (SSSR count). The molecule has 0 unspecified atom stereocenters. The van der Waals surface area contributed by atoms with E-state index in [2.05, 4.69) is 0 Å². The predicted molar refractivity (Wildman–Crippen MR) is 105 cm³/mol. The molecule has 1 aliphatic rings. The first-order valence-corrected chi connectivity index (χ1v) is 9.64. The first-order valence-electron chi connectivity index (χ1n) is 9.64. The van der Waals surface area contributed by atoms with Crippen LogP contribution in [0.25, 0.3) is 0 Å². The third kappa shape index (κ3) is 3.91. The molecule has 8 nitrogen and oxygen atoms in total. The summed E-state index contributed by atoms with van der Waals surface area (Å²) in [7, 11) is 0. The number of phenolic OH excluding ortho intramolecular Hbond substituents is 1. The zero-order chi connectivity index (χ0) is 22.1. The second kappa shape index (κ2) is 8.70. The Morgan fingerprint density at radius 3 is 2.27 bits per heavy atom. The molecule has 1 aliphatic heterocycles. The van der Waals surface area contributed by atoms with E-state index in [-0.39, 0.29) is 17.5 Å². The minimum atomic E-state index is -2.52. The Bertz CT molecular complexity index is 938. The number of aromatic hydroxyl groups is 1. The number of hydrogen-bond donors (Lipinski definition) is 6.